The fraction of sp³-hybridized carbons (Fsp3) is 0.652. The Hall–Kier alpha value is -1.97. The maximum absolute atomic E-state index is 12.6. The Morgan fingerprint density at radius 3 is 2.50 bits per heavy atom. The molecule has 0 bridgehead atoms. The number of rotatable bonds is 11. The summed E-state index contributed by atoms with van der Waals surface area (Å²) in [5, 5.41) is 17.1. The van der Waals surface area contributed by atoms with Crippen LogP contribution in [0.25, 0.3) is 0 Å². The highest BCUT2D eigenvalue weighted by Crippen LogP contribution is 2.39. The van der Waals surface area contributed by atoms with E-state index in [-0.39, 0.29) is 37.9 Å². The van der Waals surface area contributed by atoms with E-state index in [1.165, 1.54) is 28.9 Å². The predicted octanol–water partition coefficient (Wildman–Crippen LogP) is 1.28. The number of amides is 2. The van der Waals surface area contributed by atoms with Gasteiger partial charge in [-0.25, -0.2) is 13.6 Å². The minimum Gasteiger partial charge on any atom is -0.391 e. The Labute approximate surface area is 190 Å². The lowest BCUT2D eigenvalue weighted by atomic mass is 10.0. The Morgan fingerprint density at radius 1 is 1.22 bits per heavy atom. The van der Waals surface area contributed by atoms with Crippen LogP contribution in [0.1, 0.15) is 62.5 Å². The Balaban J connectivity index is 1.40. The summed E-state index contributed by atoms with van der Waals surface area (Å²) in [5.74, 6) is -0.259. The van der Waals surface area contributed by atoms with E-state index in [4.69, 9.17) is 5.14 Å². The van der Waals surface area contributed by atoms with Gasteiger partial charge in [-0.1, -0.05) is 37.6 Å². The first kappa shape index (κ1) is 24.7. The van der Waals surface area contributed by atoms with Crippen molar-refractivity contribution < 1.29 is 23.1 Å². The summed E-state index contributed by atoms with van der Waals surface area (Å²) in [6.07, 6.45) is 4.37. The summed E-state index contributed by atoms with van der Waals surface area (Å²) in [4.78, 5) is 26.2. The summed E-state index contributed by atoms with van der Waals surface area (Å²) >= 11 is 0. The molecular formula is C23H35N3O5S. The van der Waals surface area contributed by atoms with Gasteiger partial charge in [-0.05, 0) is 49.1 Å². The van der Waals surface area contributed by atoms with Crippen LogP contribution < -0.4 is 10.5 Å². The number of aliphatic hydroxyl groups excluding tert-OH is 1. The van der Waals surface area contributed by atoms with Crippen LogP contribution in [0, 0.1) is 5.92 Å². The molecule has 178 valence electrons. The van der Waals surface area contributed by atoms with Crippen molar-refractivity contribution in [2.45, 2.75) is 69.1 Å². The first-order valence-electron chi connectivity index (χ1n) is 11.5. The van der Waals surface area contributed by atoms with E-state index < -0.39 is 27.3 Å². The molecule has 32 heavy (non-hydrogen) atoms. The van der Waals surface area contributed by atoms with Crippen molar-refractivity contribution in [1.29, 1.82) is 0 Å². The molecular weight excluding hydrogens is 430 g/mol. The molecule has 1 aliphatic heterocycles. The number of nitrogens with two attached hydrogens (primary N) is 1. The number of β-amino-alcohol motifs (C(OH)–C–C–N with tert-alkyl or cyclic N) is 1. The largest absolute Gasteiger partial charge is 0.391 e. The topological polar surface area (TPSA) is 130 Å². The van der Waals surface area contributed by atoms with Gasteiger partial charge < -0.3 is 15.3 Å². The van der Waals surface area contributed by atoms with Crippen LogP contribution in [0.3, 0.4) is 0 Å². The van der Waals surface area contributed by atoms with Crippen LogP contribution in [-0.4, -0.2) is 61.2 Å². The molecule has 1 aliphatic carbocycles. The number of carbonyl (C=O) groups is 2. The fourth-order valence-corrected chi connectivity index (χ4v) is 5.28. The van der Waals surface area contributed by atoms with Gasteiger partial charge in [0.1, 0.15) is 0 Å². The third-order valence-corrected chi connectivity index (χ3v) is 7.63. The second kappa shape index (κ2) is 10.8. The molecule has 3 atom stereocenters. The molecule has 2 fully saturated rings. The van der Waals surface area contributed by atoms with E-state index in [1.54, 1.807) is 6.92 Å². The van der Waals surface area contributed by atoms with Gasteiger partial charge in [0.2, 0.25) is 21.8 Å². The smallest absolute Gasteiger partial charge is 0.242 e. The van der Waals surface area contributed by atoms with Crippen LogP contribution in [0.2, 0.25) is 0 Å². The molecule has 9 heteroatoms. The minimum atomic E-state index is -4.00. The van der Waals surface area contributed by atoms with Gasteiger partial charge in [0.05, 0.1) is 6.10 Å². The maximum Gasteiger partial charge on any atom is 0.242 e. The van der Waals surface area contributed by atoms with E-state index >= 15 is 0 Å². The fourth-order valence-electron chi connectivity index (χ4n) is 4.29. The van der Waals surface area contributed by atoms with E-state index in [0.29, 0.717) is 12.8 Å². The molecule has 2 aliphatic rings. The number of sulfonamides is 1. The molecule has 0 radical (unpaired) electrons. The van der Waals surface area contributed by atoms with Crippen molar-refractivity contribution in [1.82, 2.24) is 10.2 Å². The number of aliphatic hydroxyl groups is 1. The van der Waals surface area contributed by atoms with Crippen LogP contribution in [-0.2, 0) is 26.0 Å². The highest BCUT2D eigenvalue weighted by atomic mass is 32.2. The lowest BCUT2D eigenvalue weighted by Gasteiger charge is -2.21. The normalized spacial score (nSPS) is 22.0. The number of nitrogens with one attached hydrogen (secondary N) is 1. The molecule has 1 saturated carbocycles. The van der Waals surface area contributed by atoms with Crippen molar-refractivity contribution in [3.63, 3.8) is 0 Å². The first-order chi connectivity index (χ1) is 15.2. The number of primary sulfonamides is 1. The number of nitrogens with zero attached hydrogens (tertiary/aromatic N) is 1. The van der Waals surface area contributed by atoms with Crippen molar-refractivity contribution >= 4 is 21.8 Å². The lowest BCUT2D eigenvalue weighted by molar-refractivity contribution is -0.130. The molecule has 4 N–H and O–H groups in total. The van der Waals surface area contributed by atoms with Gasteiger partial charge in [0, 0.05) is 32.0 Å². The third-order valence-electron chi connectivity index (χ3n) is 6.40. The molecule has 0 aromatic heterocycles. The van der Waals surface area contributed by atoms with Gasteiger partial charge in [0.15, 0.2) is 5.25 Å². The second-order valence-electron chi connectivity index (χ2n) is 9.11. The average molecular weight is 466 g/mol. The zero-order chi connectivity index (χ0) is 23.3. The maximum atomic E-state index is 12.6. The minimum absolute atomic E-state index is 0.0476. The first-order valence-corrected chi connectivity index (χ1v) is 13.1. The van der Waals surface area contributed by atoms with Crippen molar-refractivity contribution in [3.8, 4) is 0 Å². The molecule has 3 rings (SSSR count). The molecule has 2 amide bonds. The molecule has 1 aromatic carbocycles. The monoisotopic (exact) mass is 465 g/mol. The van der Waals surface area contributed by atoms with Crippen LogP contribution in [0.15, 0.2) is 24.3 Å². The summed E-state index contributed by atoms with van der Waals surface area (Å²) in [5.41, 5.74) is 2.62. The van der Waals surface area contributed by atoms with Crippen molar-refractivity contribution in [2.24, 2.45) is 11.1 Å². The Bertz CT molecular complexity index is 899. The number of aryl methyl sites for hydroxylation is 1. The van der Waals surface area contributed by atoms with E-state index in [0.717, 1.165) is 18.8 Å². The number of hydrogen-bond donors (Lipinski definition) is 3. The molecule has 8 nitrogen and oxygen atoms in total. The number of benzene rings is 1. The lowest BCUT2D eigenvalue weighted by Crippen LogP contribution is -2.45. The number of hydrogen-bond acceptors (Lipinski definition) is 5. The standard InChI is InChI=1S/C23H35N3O5S/c1-2-4-21(32(24,30)31)23(29)26-14-19(20(27)15-26)13-25-22(28)6-3-5-16-7-9-17(10-8-16)18-11-12-18/h7-10,18-21,27H,2-6,11-15H2,1H3,(H,25,28)(H2,24,30,31)/t19-,20+,21?/m0/s1. The molecule has 1 heterocycles. The van der Waals surface area contributed by atoms with Gasteiger partial charge in [-0.2, -0.15) is 0 Å². The van der Waals surface area contributed by atoms with Crippen LogP contribution >= 0.6 is 0 Å². The predicted molar refractivity (Wildman–Crippen MR) is 122 cm³/mol. The molecule has 0 spiro atoms. The molecule has 1 aromatic rings. The molecule has 1 unspecified atom stereocenters. The highest BCUT2D eigenvalue weighted by molar-refractivity contribution is 7.90. The highest BCUT2D eigenvalue weighted by Gasteiger charge is 2.39. The second-order valence-corrected chi connectivity index (χ2v) is 10.9. The summed E-state index contributed by atoms with van der Waals surface area (Å²) in [7, 11) is -4.00. The molecule has 1 saturated heterocycles. The SMILES string of the molecule is CCCC(C(=O)N1C[C@H](CNC(=O)CCCc2ccc(C3CC3)cc2)[C@H](O)C1)S(N)(=O)=O. The van der Waals surface area contributed by atoms with E-state index in [2.05, 4.69) is 29.6 Å². The van der Waals surface area contributed by atoms with E-state index in [9.17, 15) is 23.1 Å². The van der Waals surface area contributed by atoms with E-state index in [1.807, 2.05) is 0 Å². The van der Waals surface area contributed by atoms with Crippen LogP contribution in [0.5, 0.6) is 0 Å². The third kappa shape index (κ3) is 6.76. The van der Waals surface area contributed by atoms with Gasteiger partial charge in [-0.15, -0.1) is 0 Å². The van der Waals surface area contributed by atoms with Gasteiger partial charge >= 0.3 is 0 Å². The quantitative estimate of drug-likeness (QED) is 0.453. The van der Waals surface area contributed by atoms with Gasteiger partial charge in [0.25, 0.3) is 0 Å². The zero-order valence-electron chi connectivity index (χ0n) is 18.7. The Morgan fingerprint density at radius 2 is 1.91 bits per heavy atom. The van der Waals surface area contributed by atoms with Crippen molar-refractivity contribution in [2.75, 3.05) is 19.6 Å². The summed E-state index contributed by atoms with van der Waals surface area (Å²) < 4.78 is 23.5. The van der Waals surface area contributed by atoms with Gasteiger partial charge in [-0.3, -0.25) is 9.59 Å². The number of likely N-dealkylation sites (tertiary alicyclic amines) is 1. The summed E-state index contributed by atoms with van der Waals surface area (Å²) in [6.45, 7) is 2.27. The van der Waals surface area contributed by atoms with Crippen LogP contribution in [0.4, 0.5) is 0 Å². The van der Waals surface area contributed by atoms with Crippen molar-refractivity contribution in [3.05, 3.63) is 35.4 Å². The average Bonchev–Trinajstić information content (AvgIpc) is 3.52. The zero-order valence-corrected chi connectivity index (χ0v) is 19.5. The number of carbonyl (C=O) groups excluding carboxylic acids is 2. The Kier molecular flexibility index (Phi) is 8.30. The summed E-state index contributed by atoms with van der Waals surface area (Å²) in [6, 6.07) is 8.64.